The minimum atomic E-state index is -3.52. The summed E-state index contributed by atoms with van der Waals surface area (Å²) in [5, 5.41) is 0.255. The van der Waals surface area contributed by atoms with Gasteiger partial charge in [0.25, 0.3) is 0 Å². The highest BCUT2D eigenvalue weighted by molar-refractivity contribution is 7.89. The second-order valence-corrected chi connectivity index (χ2v) is 6.58. The van der Waals surface area contributed by atoms with Gasteiger partial charge in [0.15, 0.2) is 0 Å². The maximum absolute atomic E-state index is 12.4. The van der Waals surface area contributed by atoms with Gasteiger partial charge in [-0.3, -0.25) is 0 Å². The Bertz CT molecular complexity index is 567. The highest BCUT2D eigenvalue weighted by Gasteiger charge is 2.37. The van der Waals surface area contributed by atoms with Crippen LogP contribution in [0.2, 0.25) is 5.02 Å². The summed E-state index contributed by atoms with van der Waals surface area (Å²) < 4.78 is 26.4. The summed E-state index contributed by atoms with van der Waals surface area (Å²) in [4.78, 5) is 0.176. The molecule has 1 aliphatic carbocycles. The van der Waals surface area contributed by atoms with E-state index in [0.29, 0.717) is 12.2 Å². The van der Waals surface area contributed by atoms with Crippen LogP contribution in [0.4, 0.5) is 5.69 Å². The standard InChI is InChI=1S/C12H15ClN2O2S/c1-2-7-15(9-3-4-9)18(16,17)10-5-6-12(14)11(13)8-10/h2,5-6,8-9H,1,3-4,7,14H2. The van der Waals surface area contributed by atoms with Crippen LogP contribution in [0.5, 0.6) is 0 Å². The fraction of sp³-hybridized carbons (Fsp3) is 0.333. The van der Waals surface area contributed by atoms with E-state index in [-0.39, 0.29) is 16.0 Å². The molecule has 6 heteroatoms. The van der Waals surface area contributed by atoms with Crippen LogP contribution < -0.4 is 5.73 Å². The van der Waals surface area contributed by atoms with Crippen molar-refractivity contribution in [3.05, 3.63) is 35.9 Å². The van der Waals surface area contributed by atoms with Crippen molar-refractivity contribution in [3.8, 4) is 0 Å². The van der Waals surface area contributed by atoms with Crippen LogP contribution in [-0.2, 0) is 10.0 Å². The Labute approximate surface area is 112 Å². The third-order valence-corrected chi connectivity index (χ3v) is 5.08. The van der Waals surface area contributed by atoms with Gasteiger partial charge in [0.2, 0.25) is 10.0 Å². The van der Waals surface area contributed by atoms with Gasteiger partial charge in [-0.15, -0.1) is 6.58 Å². The predicted octanol–water partition coefficient (Wildman–Crippen LogP) is 2.26. The van der Waals surface area contributed by atoms with Crippen LogP contribution in [0.3, 0.4) is 0 Å². The van der Waals surface area contributed by atoms with E-state index < -0.39 is 10.0 Å². The summed E-state index contributed by atoms with van der Waals surface area (Å²) in [6, 6.07) is 4.47. The molecular formula is C12H15ClN2O2S. The summed E-state index contributed by atoms with van der Waals surface area (Å²) in [7, 11) is -3.52. The lowest BCUT2D eigenvalue weighted by Gasteiger charge is -2.20. The third kappa shape index (κ3) is 2.53. The number of halogens is 1. The fourth-order valence-electron chi connectivity index (χ4n) is 1.74. The molecule has 0 heterocycles. The van der Waals surface area contributed by atoms with Gasteiger partial charge < -0.3 is 5.73 Å². The highest BCUT2D eigenvalue weighted by atomic mass is 35.5. The minimum Gasteiger partial charge on any atom is -0.398 e. The van der Waals surface area contributed by atoms with E-state index in [1.807, 2.05) is 0 Å². The van der Waals surface area contributed by atoms with E-state index in [9.17, 15) is 8.42 Å². The monoisotopic (exact) mass is 286 g/mol. The molecule has 1 aromatic rings. The molecule has 2 rings (SSSR count). The van der Waals surface area contributed by atoms with Crippen molar-refractivity contribution in [1.82, 2.24) is 4.31 Å². The SMILES string of the molecule is C=CCN(C1CC1)S(=O)(=O)c1ccc(N)c(Cl)c1. The van der Waals surface area contributed by atoms with E-state index >= 15 is 0 Å². The fourth-order valence-corrected chi connectivity index (χ4v) is 3.66. The first-order valence-electron chi connectivity index (χ1n) is 5.64. The second kappa shape index (κ2) is 4.91. The summed E-state index contributed by atoms with van der Waals surface area (Å²) >= 11 is 5.87. The number of sulfonamides is 1. The van der Waals surface area contributed by atoms with Crippen LogP contribution in [-0.4, -0.2) is 25.3 Å². The van der Waals surface area contributed by atoms with E-state index in [1.54, 1.807) is 6.08 Å². The van der Waals surface area contributed by atoms with E-state index in [1.165, 1.54) is 22.5 Å². The molecule has 4 nitrogen and oxygen atoms in total. The molecule has 0 radical (unpaired) electrons. The van der Waals surface area contributed by atoms with Gasteiger partial charge in [0, 0.05) is 12.6 Å². The van der Waals surface area contributed by atoms with Crippen LogP contribution in [0.15, 0.2) is 35.7 Å². The molecule has 0 saturated heterocycles. The molecule has 0 atom stereocenters. The Morgan fingerprint density at radius 1 is 1.50 bits per heavy atom. The van der Waals surface area contributed by atoms with Crippen LogP contribution >= 0.6 is 11.6 Å². The second-order valence-electron chi connectivity index (χ2n) is 4.28. The summed E-state index contributed by atoms with van der Waals surface area (Å²) in [5.41, 5.74) is 5.95. The van der Waals surface area contributed by atoms with Crippen molar-refractivity contribution in [2.75, 3.05) is 12.3 Å². The summed E-state index contributed by atoms with van der Waals surface area (Å²) in [6.45, 7) is 3.91. The minimum absolute atomic E-state index is 0.0873. The van der Waals surface area contributed by atoms with Gasteiger partial charge in [0.1, 0.15) is 0 Å². The van der Waals surface area contributed by atoms with Crippen LogP contribution in [0.1, 0.15) is 12.8 Å². The lowest BCUT2D eigenvalue weighted by Crippen LogP contribution is -2.33. The smallest absolute Gasteiger partial charge is 0.243 e. The average Bonchev–Trinajstić information content (AvgIpc) is 3.13. The molecule has 1 aromatic carbocycles. The van der Waals surface area contributed by atoms with Crippen LogP contribution in [0, 0.1) is 0 Å². The molecule has 0 unspecified atom stereocenters. The Kier molecular flexibility index (Phi) is 3.66. The van der Waals surface area contributed by atoms with Crippen molar-refractivity contribution in [2.24, 2.45) is 0 Å². The first kappa shape index (κ1) is 13.4. The molecule has 1 saturated carbocycles. The summed E-state index contributed by atoms with van der Waals surface area (Å²) in [6.07, 6.45) is 3.39. The number of nitrogen functional groups attached to an aromatic ring is 1. The molecule has 0 bridgehead atoms. The molecule has 2 N–H and O–H groups in total. The summed E-state index contributed by atoms with van der Waals surface area (Å²) in [5.74, 6) is 0. The number of benzene rings is 1. The molecule has 0 amide bonds. The number of nitrogens with two attached hydrogens (primary N) is 1. The predicted molar refractivity (Wildman–Crippen MR) is 73.0 cm³/mol. The van der Waals surface area contributed by atoms with Crippen molar-refractivity contribution in [2.45, 2.75) is 23.8 Å². The van der Waals surface area contributed by atoms with Gasteiger partial charge in [-0.05, 0) is 31.0 Å². The molecule has 18 heavy (non-hydrogen) atoms. The number of hydrogen-bond acceptors (Lipinski definition) is 3. The van der Waals surface area contributed by atoms with Gasteiger partial charge in [-0.1, -0.05) is 17.7 Å². The Morgan fingerprint density at radius 2 is 2.17 bits per heavy atom. The van der Waals surface area contributed by atoms with E-state index in [2.05, 4.69) is 6.58 Å². The zero-order valence-electron chi connectivity index (χ0n) is 9.84. The molecule has 0 spiro atoms. The zero-order chi connectivity index (χ0) is 13.3. The molecular weight excluding hydrogens is 272 g/mol. The van der Waals surface area contributed by atoms with Gasteiger partial charge in [0.05, 0.1) is 15.6 Å². The largest absolute Gasteiger partial charge is 0.398 e. The van der Waals surface area contributed by atoms with Crippen molar-refractivity contribution in [1.29, 1.82) is 0 Å². The molecule has 1 fully saturated rings. The average molecular weight is 287 g/mol. The number of anilines is 1. The van der Waals surface area contributed by atoms with Crippen molar-refractivity contribution in [3.63, 3.8) is 0 Å². The third-order valence-electron chi connectivity index (χ3n) is 2.84. The first-order chi connectivity index (χ1) is 8.46. The maximum atomic E-state index is 12.4. The number of hydrogen-bond donors (Lipinski definition) is 1. The van der Waals surface area contributed by atoms with Gasteiger partial charge >= 0.3 is 0 Å². The number of rotatable bonds is 5. The molecule has 98 valence electrons. The van der Waals surface area contributed by atoms with E-state index in [4.69, 9.17) is 17.3 Å². The quantitative estimate of drug-likeness (QED) is 0.667. The van der Waals surface area contributed by atoms with Gasteiger partial charge in [-0.2, -0.15) is 4.31 Å². The maximum Gasteiger partial charge on any atom is 0.243 e. The molecule has 1 aliphatic rings. The lowest BCUT2D eigenvalue weighted by molar-refractivity contribution is 0.436. The Balaban J connectivity index is 2.39. The zero-order valence-corrected chi connectivity index (χ0v) is 11.4. The topological polar surface area (TPSA) is 63.4 Å². The van der Waals surface area contributed by atoms with Crippen LogP contribution in [0.25, 0.3) is 0 Å². The van der Waals surface area contributed by atoms with Gasteiger partial charge in [-0.25, -0.2) is 8.42 Å². The molecule has 0 aliphatic heterocycles. The van der Waals surface area contributed by atoms with Crippen molar-refractivity contribution >= 4 is 27.3 Å². The number of nitrogens with zero attached hydrogens (tertiary/aromatic N) is 1. The Morgan fingerprint density at radius 3 is 2.67 bits per heavy atom. The van der Waals surface area contributed by atoms with E-state index in [0.717, 1.165) is 12.8 Å². The lowest BCUT2D eigenvalue weighted by atomic mass is 10.3. The van der Waals surface area contributed by atoms with Crippen molar-refractivity contribution < 1.29 is 8.42 Å². The normalized spacial score (nSPS) is 15.9. The highest BCUT2D eigenvalue weighted by Crippen LogP contribution is 2.33. The molecule has 0 aromatic heterocycles. The Hall–Kier alpha value is -1.04. The first-order valence-corrected chi connectivity index (χ1v) is 7.46.